The lowest BCUT2D eigenvalue weighted by atomic mass is 10.1. The van der Waals surface area contributed by atoms with Crippen LogP contribution >= 0.6 is 0 Å². The van der Waals surface area contributed by atoms with E-state index in [1.54, 1.807) is 0 Å². The van der Waals surface area contributed by atoms with E-state index in [-0.39, 0.29) is 6.42 Å². The maximum absolute atomic E-state index is 10.9. The number of anilines is 1. The van der Waals surface area contributed by atoms with Crippen LogP contribution < -0.4 is 4.90 Å². The first-order chi connectivity index (χ1) is 10.2. The van der Waals surface area contributed by atoms with Crippen molar-refractivity contribution in [1.29, 1.82) is 0 Å². The summed E-state index contributed by atoms with van der Waals surface area (Å²) in [6.07, 6.45) is 3.80. The van der Waals surface area contributed by atoms with Crippen LogP contribution in [-0.2, 0) is 11.2 Å². The summed E-state index contributed by atoms with van der Waals surface area (Å²) in [6.45, 7) is 7.01. The molecule has 1 N–H and O–H groups in total. The van der Waals surface area contributed by atoms with Crippen molar-refractivity contribution < 1.29 is 9.90 Å². The number of hydrogen-bond acceptors (Lipinski definition) is 3. The Labute approximate surface area is 127 Å². The minimum Gasteiger partial charge on any atom is -0.481 e. The molecule has 0 spiro atoms. The number of benzene rings is 1. The van der Waals surface area contributed by atoms with Crippen molar-refractivity contribution in [3.05, 3.63) is 29.8 Å². The Balaban J connectivity index is 1.96. The molecule has 0 bridgehead atoms. The third-order valence-corrected chi connectivity index (χ3v) is 4.19. The fourth-order valence-electron chi connectivity index (χ4n) is 2.81. The topological polar surface area (TPSA) is 43.8 Å². The number of likely N-dealkylation sites (tertiary alicyclic amines) is 1. The predicted molar refractivity (Wildman–Crippen MR) is 86.0 cm³/mol. The zero-order valence-electron chi connectivity index (χ0n) is 12.9. The van der Waals surface area contributed by atoms with Crippen molar-refractivity contribution in [2.45, 2.75) is 32.6 Å². The molecule has 0 amide bonds. The number of nitrogens with zero attached hydrogens (tertiary/aromatic N) is 2. The summed E-state index contributed by atoms with van der Waals surface area (Å²) < 4.78 is 0. The molecular formula is C17H26N2O2. The molecule has 0 unspecified atom stereocenters. The van der Waals surface area contributed by atoms with Crippen molar-refractivity contribution in [1.82, 2.24) is 4.90 Å². The Morgan fingerprint density at radius 1 is 1.19 bits per heavy atom. The highest BCUT2D eigenvalue weighted by atomic mass is 16.4. The van der Waals surface area contributed by atoms with E-state index in [0.29, 0.717) is 6.54 Å². The van der Waals surface area contributed by atoms with E-state index in [1.807, 2.05) is 0 Å². The van der Waals surface area contributed by atoms with Crippen LogP contribution in [0.5, 0.6) is 0 Å². The fourth-order valence-corrected chi connectivity index (χ4v) is 2.81. The van der Waals surface area contributed by atoms with E-state index < -0.39 is 5.97 Å². The molecule has 1 heterocycles. The number of aliphatic carboxylic acids is 1. The average Bonchev–Trinajstić information content (AvgIpc) is 3.01. The standard InChI is InChI=1S/C17H26N2O2/c1-2-15-5-7-16(8-6-15)19(12-9-17(20)21)14-13-18-10-3-4-11-18/h5-8H,2-4,9-14H2,1H3,(H,20,21). The van der Waals surface area contributed by atoms with Gasteiger partial charge in [-0.15, -0.1) is 0 Å². The fraction of sp³-hybridized carbons (Fsp3) is 0.588. The summed E-state index contributed by atoms with van der Waals surface area (Å²) in [5.41, 5.74) is 2.45. The van der Waals surface area contributed by atoms with Gasteiger partial charge in [-0.05, 0) is 50.0 Å². The van der Waals surface area contributed by atoms with Gasteiger partial charge in [0.25, 0.3) is 0 Å². The van der Waals surface area contributed by atoms with Gasteiger partial charge in [0, 0.05) is 25.3 Å². The van der Waals surface area contributed by atoms with Crippen molar-refractivity contribution in [3.63, 3.8) is 0 Å². The molecule has 1 fully saturated rings. The molecule has 0 saturated carbocycles. The molecule has 21 heavy (non-hydrogen) atoms. The van der Waals surface area contributed by atoms with Crippen LogP contribution in [0.3, 0.4) is 0 Å². The first-order valence-corrected chi connectivity index (χ1v) is 7.97. The lowest BCUT2D eigenvalue weighted by Gasteiger charge is -2.27. The quantitative estimate of drug-likeness (QED) is 0.799. The number of carboxylic acids is 1. The average molecular weight is 290 g/mol. The Bertz CT molecular complexity index is 439. The van der Waals surface area contributed by atoms with Crippen molar-refractivity contribution in [3.8, 4) is 0 Å². The first-order valence-electron chi connectivity index (χ1n) is 7.97. The second-order valence-corrected chi connectivity index (χ2v) is 5.70. The van der Waals surface area contributed by atoms with Gasteiger partial charge in [-0.25, -0.2) is 0 Å². The minimum atomic E-state index is -0.730. The molecule has 0 aromatic heterocycles. The van der Waals surface area contributed by atoms with Gasteiger partial charge >= 0.3 is 5.97 Å². The maximum Gasteiger partial charge on any atom is 0.305 e. The highest BCUT2D eigenvalue weighted by molar-refractivity contribution is 5.67. The Hall–Kier alpha value is -1.55. The molecule has 4 heteroatoms. The highest BCUT2D eigenvalue weighted by Gasteiger charge is 2.14. The first kappa shape index (κ1) is 15.8. The van der Waals surface area contributed by atoms with Crippen molar-refractivity contribution >= 4 is 11.7 Å². The molecule has 0 atom stereocenters. The van der Waals surface area contributed by atoms with E-state index in [2.05, 4.69) is 41.0 Å². The van der Waals surface area contributed by atoms with Gasteiger partial charge in [0.05, 0.1) is 6.42 Å². The summed E-state index contributed by atoms with van der Waals surface area (Å²) >= 11 is 0. The summed E-state index contributed by atoms with van der Waals surface area (Å²) in [6, 6.07) is 8.51. The summed E-state index contributed by atoms with van der Waals surface area (Å²) in [5, 5.41) is 8.93. The van der Waals surface area contributed by atoms with Gasteiger partial charge in [-0.2, -0.15) is 0 Å². The van der Waals surface area contributed by atoms with Crippen LogP contribution in [0.2, 0.25) is 0 Å². The predicted octanol–water partition coefficient (Wildman–Crippen LogP) is 2.63. The summed E-state index contributed by atoms with van der Waals surface area (Å²) in [7, 11) is 0. The summed E-state index contributed by atoms with van der Waals surface area (Å²) in [4.78, 5) is 15.5. The summed E-state index contributed by atoms with van der Waals surface area (Å²) in [5.74, 6) is -0.730. The van der Waals surface area contributed by atoms with Gasteiger partial charge in [0.1, 0.15) is 0 Å². The molecule has 0 radical (unpaired) electrons. The zero-order chi connectivity index (χ0) is 15.1. The lowest BCUT2D eigenvalue weighted by molar-refractivity contribution is -0.136. The van der Waals surface area contributed by atoms with Gasteiger partial charge in [0.15, 0.2) is 0 Å². The molecule has 2 rings (SSSR count). The highest BCUT2D eigenvalue weighted by Crippen LogP contribution is 2.17. The number of carbonyl (C=O) groups is 1. The molecule has 1 aromatic rings. The lowest BCUT2D eigenvalue weighted by Crippen LogP contribution is -2.35. The zero-order valence-corrected chi connectivity index (χ0v) is 12.9. The van der Waals surface area contributed by atoms with E-state index in [9.17, 15) is 4.79 Å². The molecule has 1 aromatic carbocycles. The largest absolute Gasteiger partial charge is 0.481 e. The molecule has 1 aliphatic heterocycles. The van der Waals surface area contributed by atoms with Gasteiger partial charge in [-0.3, -0.25) is 4.79 Å². The van der Waals surface area contributed by atoms with Crippen LogP contribution in [0.1, 0.15) is 31.7 Å². The molecule has 0 aliphatic carbocycles. The van der Waals surface area contributed by atoms with Crippen LogP contribution in [0.4, 0.5) is 5.69 Å². The van der Waals surface area contributed by atoms with Crippen molar-refractivity contribution in [2.24, 2.45) is 0 Å². The minimum absolute atomic E-state index is 0.190. The van der Waals surface area contributed by atoms with Gasteiger partial charge < -0.3 is 14.9 Å². The number of hydrogen-bond donors (Lipinski definition) is 1. The van der Waals surface area contributed by atoms with Crippen LogP contribution in [0.25, 0.3) is 0 Å². The van der Waals surface area contributed by atoms with Gasteiger partial charge in [0.2, 0.25) is 0 Å². The number of carboxylic acid groups (broad SMARTS) is 1. The second kappa shape index (κ2) is 8.03. The van der Waals surface area contributed by atoms with E-state index in [1.165, 1.54) is 31.5 Å². The normalized spacial score (nSPS) is 15.3. The van der Waals surface area contributed by atoms with E-state index in [0.717, 1.165) is 25.2 Å². The maximum atomic E-state index is 10.9. The van der Waals surface area contributed by atoms with Crippen LogP contribution in [-0.4, -0.2) is 48.7 Å². The third kappa shape index (κ3) is 5.05. The smallest absolute Gasteiger partial charge is 0.305 e. The molecule has 1 aliphatic rings. The molecule has 1 saturated heterocycles. The van der Waals surface area contributed by atoms with Crippen molar-refractivity contribution in [2.75, 3.05) is 37.6 Å². The van der Waals surface area contributed by atoms with Crippen LogP contribution in [0, 0.1) is 0 Å². The van der Waals surface area contributed by atoms with Gasteiger partial charge in [-0.1, -0.05) is 19.1 Å². The number of rotatable bonds is 8. The second-order valence-electron chi connectivity index (χ2n) is 5.70. The molecule has 4 nitrogen and oxygen atoms in total. The number of aryl methyl sites for hydroxylation is 1. The van der Waals surface area contributed by atoms with Crippen LogP contribution in [0.15, 0.2) is 24.3 Å². The van der Waals surface area contributed by atoms with E-state index >= 15 is 0 Å². The Morgan fingerprint density at radius 2 is 1.86 bits per heavy atom. The SMILES string of the molecule is CCc1ccc(N(CCC(=O)O)CCN2CCCC2)cc1. The molecular weight excluding hydrogens is 264 g/mol. The third-order valence-electron chi connectivity index (χ3n) is 4.19. The monoisotopic (exact) mass is 290 g/mol. The van der Waals surface area contributed by atoms with E-state index in [4.69, 9.17) is 5.11 Å². The Morgan fingerprint density at radius 3 is 2.43 bits per heavy atom. The Kier molecular flexibility index (Phi) is 6.05. The molecule has 116 valence electrons.